The highest BCUT2D eigenvalue weighted by Crippen LogP contribution is 2.30. The molecular weight excluding hydrogens is 487 g/mol. The molecule has 2 aromatic carbocycles. The maximum Gasteiger partial charge on any atom is 0.490 e. The van der Waals surface area contributed by atoms with Crippen LogP contribution in [0.5, 0.6) is 0 Å². The minimum Gasteiger partial charge on any atom is -0.475 e. The highest BCUT2D eigenvalue weighted by atomic mass is 19.4. The summed E-state index contributed by atoms with van der Waals surface area (Å²) in [5.74, 6) is -1.83. The van der Waals surface area contributed by atoms with Crippen molar-refractivity contribution in [3.8, 4) is 0 Å². The van der Waals surface area contributed by atoms with Gasteiger partial charge >= 0.3 is 12.1 Å². The number of H-pyrrole nitrogens is 1. The number of amides is 1. The molecule has 0 bridgehead atoms. The van der Waals surface area contributed by atoms with E-state index in [4.69, 9.17) is 14.9 Å². The zero-order valence-corrected chi connectivity index (χ0v) is 20.2. The van der Waals surface area contributed by atoms with E-state index in [1.807, 2.05) is 55.5 Å². The number of nitrogens with one attached hydrogen (secondary N) is 2. The third kappa shape index (κ3) is 6.05. The third-order valence-corrected chi connectivity index (χ3v) is 6.31. The number of carbonyl (C=O) groups excluding carboxylic acids is 1. The number of aliphatic carboxylic acids is 1. The number of benzene rings is 2. The van der Waals surface area contributed by atoms with Gasteiger partial charge in [-0.25, -0.2) is 9.78 Å². The monoisotopic (exact) mass is 513 g/mol. The lowest BCUT2D eigenvalue weighted by molar-refractivity contribution is -0.192. The summed E-state index contributed by atoms with van der Waals surface area (Å²) in [5.41, 5.74) is 4.67. The number of halogens is 3. The molecule has 2 atom stereocenters. The van der Waals surface area contributed by atoms with Crippen LogP contribution >= 0.6 is 0 Å². The number of carboxylic acid groups (broad SMARTS) is 1. The molecule has 1 aliphatic heterocycles. The lowest BCUT2D eigenvalue weighted by atomic mass is 9.96. The zero-order valence-electron chi connectivity index (χ0n) is 20.2. The van der Waals surface area contributed by atoms with Crippen LogP contribution < -0.4 is 5.32 Å². The Labute approximate surface area is 210 Å². The standard InChI is InChI=1S/C24H25N5O.C2HF3O2/c1-15-7-8-19-18(13-15)17(9-11-25-19)24(30)26-16-10-12-29(2)22(14-16)23-27-20-5-3-4-6-21(20)28-23;3-2(4,5)1(6)7/h3-9,11,13,16,22H,10,12,14H2,1-2H3,(H,26,30)(H,27,28);(H,6,7)/t16-,22-;/m1./s1. The topological polar surface area (TPSA) is 111 Å². The number of aromatic amines is 1. The van der Waals surface area contributed by atoms with E-state index >= 15 is 0 Å². The zero-order chi connectivity index (χ0) is 26.7. The molecule has 11 heteroatoms. The van der Waals surface area contributed by atoms with E-state index in [9.17, 15) is 18.0 Å². The average Bonchev–Trinajstić information content (AvgIpc) is 3.28. The first-order valence-corrected chi connectivity index (χ1v) is 11.6. The number of fused-ring (bicyclic) bond motifs is 2. The fraction of sp³-hybridized carbons (Fsp3) is 0.308. The fourth-order valence-corrected chi connectivity index (χ4v) is 4.39. The lowest BCUT2D eigenvalue weighted by Gasteiger charge is -2.36. The van der Waals surface area contributed by atoms with Crippen molar-refractivity contribution in [1.82, 2.24) is 25.2 Å². The Morgan fingerprint density at radius 1 is 1.14 bits per heavy atom. The van der Waals surface area contributed by atoms with E-state index < -0.39 is 12.1 Å². The van der Waals surface area contributed by atoms with Crippen molar-refractivity contribution in [3.63, 3.8) is 0 Å². The molecule has 0 unspecified atom stereocenters. The van der Waals surface area contributed by atoms with Crippen molar-refractivity contribution < 1.29 is 27.9 Å². The summed E-state index contributed by atoms with van der Waals surface area (Å²) < 4.78 is 31.7. The second kappa shape index (κ2) is 10.6. The molecule has 1 amide bonds. The van der Waals surface area contributed by atoms with Crippen LogP contribution in [0, 0.1) is 6.92 Å². The minimum absolute atomic E-state index is 0.0362. The normalized spacial score (nSPS) is 18.3. The summed E-state index contributed by atoms with van der Waals surface area (Å²) in [6.45, 7) is 2.94. The average molecular weight is 514 g/mol. The van der Waals surface area contributed by atoms with Crippen molar-refractivity contribution in [2.75, 3.05) is 13.6 Å². The number of rotatable bonds is 3. The van der Waals surface area contributed by atoms with E-state index in [0.29, 0.717) is 5.56 Å². The van der Waals surface area contributed by atoms with Gasteiger partial charge in [0.1, 0.15) is 5.82 Å². The van der Waals surface area contributed by atoms with Crippen molar-refractivity contribution in [2.24, 2.45) is 0 Å². The largest absolute Gasteiger partial charge is 0.490 e. The molecule has 37 heavy (non-hydrogen) atoms. The molecule has 0 radical (unpaired) electrons. The van der Waals surface area contributed by atoms with E-state index in [1.54, 1.807) is 6.20 Å². The van der Waals surface area contributed by atoms with Crippen LogP contribution in [-0.4, -0.2) is 62.6 Å². The summed E-state index contributed by atoms with van der Waals surface area (Å²) >= 11 is 0. The summed E-state index contributed by atoms with van der Waals surface area (Å²) in [7, 11) is 2.12. The molecule has 0 spiro atoms. The number of piperidine rings is 1. The molecule has 8 nitrogen and oxygen atoms in total. The van der Waals surface area contributed by atoms with Crippen LogP contribution in [0.3, 0.4) is 0 Å². The molecule has 2 aromatic heterocycles. The van der Waals surface area contributed by atoms with Crippen molar-refractivity contribution >= 4 is 33.8 Å². The number of para-hydroxylation sites is 2. The van der Waals surface area contributed by atoms with Crippen LogP contribution in [0.4, 0.5) is 13.2 Å². The maximum absolute atomic E-state index is 13.1. The van der Waals surface area contributed by atoms with E-state index in [1.165, 1.54) is 0 Å². The Hall–Kier alpha value is -3.99. The third-order valence-electron chi connectivity index (χ3n) is 6.31. The van der Waals surface area contributed by atoms with Gasteiger partial charge in [-0.15, -0.1) is 0 Å². The van der Waals surface area contributed by atoms with Crippen LogP contribution in [0.25, 0.3) is 21.9 Å². The van der Waals surface area contributed by atoms with E-state index in [-0.39, 0.29) is 18.0 Å². The van der Waals surface area contributed by atoms with Gasteiger partial charge in [0.25, 0.3) is 5.91 Å². The molecule has 3 N–H and O–H groups in total. The SMILES string of the molecule is Cc1ccc2nccc(C(=O)N[C@@H]3CCN(C)[C@@H](c4nc5ccccc5[nH]4)C3)c2c1.O=C(O)C(F)(F)F. The maximum atomic E-state index is 13.1. The number of imidazole rings is 1. The Kier molecular flexibility index (Phi) is 7.44. The first-order chi connectivity index (χ1) is 17.5. The number of alkyl halides is 3. The number of hydrogen-bond acceptors (Lipinski definition) is 5. The molecule has 1 aliphatic rings. The molecular formula is C26H26F3N5O3. The number of aryl methyl sites for hydroxylation is 1. The number of carboxylic acids is 1. The van der Waals surface area contributed by atoms with Crippen LogP contribution in [0.2, 0.25) is 0 Å². The van der Waals surface area contributed by atoms with Gasteiger partial charge in [-0.3, -0.25) is 14.7 Å². The van der Waals surface area contributed by atoms with Crippen molar-refractivity contribution in [1.29, 1.82) is 0 Å². The second-order valence-electron chi connectivity index (χ2n) is 9.01. The van der Waals surface area contributed by atoms with Gasteiger partial charge in [0.05, 0.1) is 28.2 Å². The van der Waals surface area contributed by atoms with Crippen molar-refractivity contribution in [2.45, 2.75) is 38.0 Å². The second-order valence-corrected chi connectivity index (χ2v) is 9.01. The molecule has 0 saturated carbocycles. The highest BCUT2D eigenvalue weighted by Gasteiger charge is 2.38. The smallest absolute Gasteiger partial charge is 0.475 e. The molecule has 1 fully saturated rings. The van der Waals surface area contributed by atoms with Gasteiger partial charge in [0, 0.05) is 24.2 Å². The number of nitrogens with zero attached hydrogens (tertiary/aromatic N) is 3. The molecule has 3 heterocycles. The lowest BCUT2D eigenvalue weighted by Crippen LogP contribution is -2.45. The number of aromatic nitrogens is 3. The first kappa shape index (κ1) is 26.1. The predicted molar refractivity (Wildman–Crippen MR) is 132 cm³/mol. The predicted octanol–water partition coefficient (Wildman–Crippen LogP) is 4.62. The Balaban J connectivity index is 0.000000405. The van der Waals surface area contributed by atoms with Crippen LogP contribution in [-0.2, 0) is 4.79 Å². The Morgan fingerprint density at radius 3 is 2.57 bits per heavy atom. The summed E-state index contributed by atoms with van der Waals surface area (Å²) in [6, 6.07) is 16.2. The number of carbonyl (C=O) groups is 2. The molecule has 0 aliphatic carbocycles. The highest BCUT2D eigenvalue weighted by molar-refractivity contribution is 6.06. The quantitative estimate of drug-likeness (QED) is 0.369. The minimum atomic E-state index is -5.08. The van der Waals surface area contributed by atoms with Gasteiger partial charge < -0.3 is 15.4 Å². The van der Waals surface area contributed by atoms with Gasteiger partial charge in [0.15, 0.2) is 0 Å². The Bertz CT molecular complexity index is 1400. The van der Waals surface area contributed by atoms with Gasteiger partial charge in [-0.2, -0.15) is 13.2 Å². The van der Waals surface area contributed by atoms with E-state index in [2.05, 4.69) is 27.2 Å². The molecule has 1 saturated heterocycles. The number of hydrogen-bond donors (Lipinski definition) is 3. The van der Waals surface area contributed by atoms with Gasteiger partial charge in [-0.05, 0) is 57.1 Å². The number of likely N-dealkylation sites (tertiary alicyclic amines) is 1. The summed E-state index contributed by atoms with van der Waals surface area (Å²) in [5, 5.41) is 11.3. The fourth-order valence-electron chi connectivity index (χ4n) is 4.39. The Morgan fingerprint density at radius 2 is 1.86 bits per heavy atom. The summed E-state index contributed by atoms with van der Waals surface area (Å²) in [4.78, 5) is 37.0. The van der Waals surface area contributed by atoms with E-state index in [0.717, 1.165) is 52.7 Å². The molecule has 5 rings (SSSR count). The summed E-state index contributed by atoms with van der Waals surface area (Å²) in [6.07, 6.45) is -1.64. The van der Waals surface area contributed by atoms with Crippen LogP contribution in [0.15, 0.2) is 54.7 Å². The number of pyridine rings is 1. The van der Waals surface area contributed by atoms with Crippen LogP contribution in [0.1, 0.15) is 40.6 Å². The first-order valence-electron chi connectivity index (χ1n) is 11.6. The van der Waals surface area contributed by atoms with Gasteiger partial charge in [-0.1, -0.05) is 23.8 Å². The molecule has 4 aromatic rings. The molecule has 194 valence electrons. The van der Waals surface area contributed by atoms with Crippen molar-refractivity contribution in [3.05, 3.63) is 71.7 Å². The van der Waals surface area contributed by atoms with Gasteiger partial charge in [0.2, 0.25) is 0 Å².